The summed E-state index contributed by atoms with van der Waals surface area (Å²) < 4.78 is 0. The van der Waals surface area contributed by atoms with Crippen molar-refractivity contribution in [1.82, 2.24) is 4.98 Å². The Bertz CT molecular complexity index is 639. The normalized spacial score (nSPS) is 10.2. The molecule has 1 aromatic heterocycles. The molecule has 5 heteroatoms. The average molecular weight is 257 g/mol. The maximum Gasteiger partial charge on any atom is 0.335 e. The molecule has 0 atom stereocenters. The number of carboxylic acid groups (broad SMARTS) is 1. The Kier molecular flexibility index (Phi) is 3.37. The molecule has 5 nitrogen and oxygen atoms in total. The number of nitrogens with two attached hydrogens (primary N) is 1. The molecule has 98 valence electrons. The molecule has 4 N–H and O–H groups in total. The number of nitrogens with zero attached hydrogens (tertiary/aromatic N) is 1. The van der Waals surface area contributed by atoms with Gasteiger partial charge in [0.2, 0.25) is 0 Å². The summed E-state index contributed by atoms with van der Waals surface area (Å²) in [6.45, 7) is 3.79. The van der Waals surface area contributed by atoms with Crippen molar-refractivity contribution >= 4 is 23.0 Å². The Morgan fingerprint density at radius 1 is 1.21 bits per heavy atom. The molecule has 0 amide bonds. The van der Waals surface area contributed by atoms with E-state index >= 15 is 0 Å². The van der Waals surface area contributed by atoms with Gasteiger partial charge in [-0.25, -0.2) is 4.79 Å². The molecule has 2 rings (SSSR count). The molecule has 0 unspecified atom stereocenters. The molecular weight excluding hydrogens is 242 g/mol. The molecule has 0 bridgehead atoms. The molecule has 0 spiro atoms. The van der Waals surface area contributed by atoms with Crippen molar-refractivity contribution in [2.75, 3.05) is 11.1 Å². The van der Waals surface area contributed by atoms with Crippen molar-refractivity contribution in [2.24, 2.45) is 0 Å². The lowest BCUT2D eigenvalue weighted by molar-refractivity contribution is 0.0697. The van der Waals surface area contributed by atoms with Crippen LogP contribution < -0.4 is 11.1 Å². The summed E-state index contributed by atoms with van der Waals surface area (Å²) >= 11 is 0. The molecule has 1 aromatic carbocycles. The highest BCUT2D eigenvalue weighted by Gasteiger charge is 2.08. The second kappa shape index (κ2) is 4.97. The third kappa shape index (κ3) is 2.82. The highest BCUT2D eigenvalue weighted by Crippen LogP contribution is 2.25. The summed E-state index contributed by atoms with van der Waals surface area (Å²) in [4.78, 5) is 15.3. The number of hydrogen-bond donors (Lipinski definition) is 3. The number of hydrogen-bond acceptors (Lipinski definition) is 4. The van der Waals surface area contributed by atoms with E-state index in [1.54, 1.807) is 6.07 Å². The van der Waals surface area contributed by atoms with E-state index in [1.165, 1.54) is 12.1 Å². The standard InChI is InChI=1S/C14H15N3O2/c1-8-3-6-12(9(2)16-8)17-13-7-10(14(18)19)4-5-11(13)15/h3-7,17H,15H2,1-2H3,(H,18,19). The number of aromatic nitrogens is 1. The number of rotatable bonds is 3. The Morgan fingerprint density at radius 3 is 2.58 bits per heavy atom. The van der Waals surface area contributed by atoms with E-state index in [-0.39, 0.29) is 5.56 Å². The summed E-state index contributed by atoms with van der Waals surface area (Å²) in [7, 11) is 0. The first kappa shape index (κ1) is 12.9. The van der Waals surface area contributed by atoms with E-state index in [0.717, 1.165) is 17.1 Å². The van der Waals surface area contributed by atoms with Crippen molar-refractivity contribution in [3.8, 4) is 0 Å². The van der Waals surface area contributed by atoms with Gasteiger partial charge in [0.05, 0.1) is 28.3 Å². The SMILES string of the molecule is Cc1ccc(Nc2cc(C(=O)O)ccc2N)c(C)n1. The summed E-state index contributed by atoms with van der Waals surface area (Å²) in [5.74, 6) is -0.984. The Hall–Kier alpha value is -2.56. The van der Waals surface area contributed by atoms with Crippen LogP contribution in [0, 0.1) is 13.8 Å². The maximum atomic E-state index is 10.9. The van der Waals surface area contributed by atoms with Gasteiger partial charge in [0.25, 0.3) is 0 Å². The highest BCUT2D eigenvalue weighted by molar-refractivity contribution is 5.91. The number of pyridine rings is 1. The predicted molar refractivity (Wildman–Crippen MR) is 74.8 cm³/mol. The summed E-state index contributed by atoms with van der Waals surface area (Å²) in [6.07, 6.45) is 0. The second-order valence-corrected chi connectivity index (χ2v) is 4.32. The van der Waals surface area contributed by atoms with Gasteiger partial charge in [0.1, 0.15) is 0 Å². The summed E-state index contributed by atoms with van der Waals surface area (Å²) in [6, 6.07) is 8.33. The number of nitrogen functional groups attached to an aromatic ring is 1. The summed E-state index contributed by atoms with van der Waals surface area (Å²) in [5, 5.41) is 12.1. The number of nitrogens with one attached hydrogen (secondary N) is 1. The van der Waals surface area contributed by atoms with Gasteiger partial charge in [-0.3, -0.25) is 4.98 Å². The number of carboxylic acids is 1. The molecule has 0 aliphatic heterocycles. The Balaban J connectivity index is 2.37. The van der Waals surface area contributed by atoms with Crippen LogP contribution in [0.3, 0.4) is 0 Å². The van der Waals surface area contributed by atoms with E-state index in [4.69, 9.17) is 10.8 Å². The third-order valence-corrected chi connectivity index (χ3v) is 2.79. The molecule has 1 heterocycles. The first-order valence-electron chi connectivity index (χ1n) is 5.81. The number of aryl methyl sites for hydroxylation is 2. The maximum absolute atomic E-state index is 10.9. The fraction of sp³-hybridized carbons (Fsp3) is 0.143. The number of carbonyl (C=O) groups is 1. The highest BCUT2D eigenvalue weighted by atomic mass is 16.4. The lowest BCUT2D eigenvalue weighted by Crippen LogP contribution is -2.03. The van der Waals surface area contributed by atoms with Gasteiger partial charge in [-0.15, -0.1) is 0 Å². The minimum Gasteiger partial charge on any atom is -0.478 e. The fourth-order valence-electron chi connectivity index (χ4n) is 1.76. The van der Waals surface area contributed by atoms with E-state index in [9.17, 15) is 4.79 Å². The van der Waals surface area contributed by atoms with Crippen molar-refractivity contribution in [1.29, 1.82) is 0 Å². The molecule has 0 aliphatic rings. The molecular formula is C14H15N3O2. The average Bonchev–Trinajstić information content (AvgIpc) is 2.34. The lowest BCUT2D eigenvalue weighted by atomic mass is 10.1. The van der Waals surface area contributed by atoms with Crippen LogP contribution in [0.25, 0.3) is 0 Å². The number of aromatic carboxylic acids is 1. The third-order valence-electron chi connectivity index (χ3n) is 2.79. The molecule has 19 heavy (non-hydrogen) atoms. The number of benzene rings is 1. The van der Waals surface area contributed by atoms with Crippen molar-refractivity contribution < 1.29 is 9.90 Å². The quantitative estimate of drug-likeness (QED) is 0.736. The zero-order chi connectivity index (χ0) is 14.0. The van der Waals surface area contributed by atoms with Crippen LogP contribution in [0.1, 0.15) is 21.7 Å². The topological polar surface area (TPSA) is 88.2 Å². The van der Waals surface area contributed by atoms with Gasteiger partial charge in [-0.05, 0) is 44.2 Å². The second-order valence-electron chi connectivity index (χ2n) is 4.32. The minimum atomic E-state index is -0.984. The molecule has 0 radical (unpaired) electrons. The van der Waals surface area contributed by atoms with E-state index < -0.39 is 5.97 Å². The largest absolute Gasteiger partial charge is 0.478 e. The predicted octanol–water partition coefficient (Wildman–Crippen LogP) is 2.72. The number of anilines is 3. The summed E-state index contributed by atoms with van der Waals surface area (Å²) in [5.41, 5.74) is 9.65. The molecule has 2 aromatic rings. The Morgan fingerprint density at radius 2 is 1.95 bits per heavy atom. The van der Waals surface area contributed by atoms with Crippen molar-refractivity contribution in [2.45, 2.75) is 13.8 Å². The van der Waals surface area contributed by atoms with Crippen LogP contribution in [0.5, 0.6) is 0 Å². The van der Waals surface area contributed by atoms with Gasteiger partial charge in [-0.1, -0.05) is 0 Å². The fourth-order valence-corrected chi connectivity index (χ4v) is 1.76. The van der Waals surface area contributed by atoms with Crippen LogP contribution in [0.2, 0.25) is 0 Å². The Labute approximate surface area is 111 Å². The molecule has 0 fully saturated rings. The zero-order valence-corrected chi connectivity index (χ0v) is 10.8. The molecule has 0 saturated heterocycles. The van der Waals surface area contributed by atoms with E-state index in [1.807, 2.05) is 26.0 Å². The molecule has 0 aliphatic carbocycles. The molecule has 0 saturated carbocycles. The van der Waals surface area contributed by atoms with Crippen molar-refractivity contribution in [3.63, 3.8) is 0 Å². The van der Waals surface area contributed by atoms with Crippen LogP contribution in [-0.2, 0) is 0 Å². The van der Waals surface area contributed by atoms with Gasteiger partial charge < -0.3 is 16.2 Å². The van der Waals surface area contributed by atoms with Crippen molar-refractivity contribution in [3.05, 3.63) is 47.3 Å². The zero-order valence-electron chi connectivity index (χ0n) is 10.8. The van der Waals surface area contributed by atoms with Crippen LogP contribution in [0.4, 0.5) is 17.1 Å². The van der Waals surface area contributed by atoms with Gasteiger partial charge in [0, 0.05) is 5.69 Å². The van der Waals surface area contributed by atoms with Gasteiger partial charge in [-0.2, -0.15) is 0 Å². The first-order chi connectivity index (χ1) is 8.97. The van der Waals surface area contributed by atoms with Gasteiger partial charge in [0.15, 0.2) is 0 Å². The minimum absolute atomic E-state index is 0.189. The lowest BCUT2D eigenvalue weighted by Gasteiger charge is -2.12. The monoisotopic (exact) mass is 257 g/mol. The van der Waals surface area contributed by atoms with Crippen LogP contribution in [-0.4, -0.2) is 16.1 Å². The smallest absolute Gasteiger partial charge is 0.335 e. The van der Waals surface area contributed by atoms with Gasteiger partial charge >= 0.3 is 5.97 Å². The van der Waals surface area contributed by atoms with Crippen LogP contribution >= 0.6 is 0 Å². The van der Waals surface area contributed by atoms with E-state index in [2.05, 4.69) is 10.3 Å². The van der Waals surface area contributed by atoms with Crippen LogP contribution in [0.15, 0.2) is 30.3 Å². The van der Waals surface area contributed by atoms with E-state index in [0.29, 0.717) is 11.4 Å². The first-order valence-corrected chi connectivity index (χ1v) is 5.81.